The predicted octanol–water partition coefficient (Wildman–Crippen LogP) is 3.12. The minimum Gasteiger partial charge on any atom is -0.497 e. The molecule has 3 aromatic rings. The first-order chi connectivity index (χ1) is 14.5. The molecule has 0 saturated heterocycles. The zero-order chi connectivity index (χ0) is 21.4. The molecule has 1 aliphatic rings. The van der Waals surface area contributed by atoms with E-state index >= 15 is 0 Å². The number of benzene rings is 1. The van der Waals surface area contributed by atoms with Crippen molar-refractivity contribution in [3.05, 3.63) is 62.8 Å². The summed E-state index contributed by atoms with van der Waals surface area (Å²) in [5, 5.41) is 23.1. The van der Waals surface area contributed by atoms with Crippen LogP contribution in [0.4, 0.5) is 5.00 Å². The average molecular weight is 419 g/mol. The van der Waals surface area contributed by atoms with Crippen LogP contribution in [0.3, 0.4) is 0 Å². The Hall–Kier alpha value is -3.95. The van der Waals surface area contributed by atoms with Gasteiger partial charge in [-0.05, 0) is 24.6 Å². The summed E-state index contributed by atoms with van der Waals surface area (Å²) in [6.07, 6.45) is 0. The molecule has 4 N–H and O–H groups in total. The first kappa shape index (κ1) is 19.4. The fourth-order valence-corrected chi connectivity index (χ4v) is 4.74. The van der Waals surface area contributed by atoms with E-state index in [1.165, 1.54) is 11.3 Å². The van der Waals surface area contributed by atoms with Crippen LogP contribution in [0.1, 0.15) is 29.5 Å². The lowest BCUT2D eigenvalue weighted by Crippen LogP contribution is -2.27. The molecular weight excluding hydrogens is 402 g/mol. The number of allylic oxidation sites excluding steroid dienone is 1. The highest BCUT2D eigenvalue weighted by atomic mass is 32.1. The molecule has 9 heteroatoms. The second kappa shape index (κ2) is 7.47. The largest absolute Gasteiger partial charge is 0.497 e. The SMILES string of the molecule is CCNc1sc2c3c(c(=O)[nH]c2c1C#N)C(c1ccc(OC)cc1)C(C#N)=C(N)O3. The lowest BCUT2D eigenvalue weighted by Gasteiger charge is -2.26. The number of ether oxygens (including phenoxy) is 2. The van der Waals surface area contributed by atoms with Gasteiger partial charge in [-0.15, -0.1) is 11.3 Å². The first-order valence-corrected chi connectivity index (χ1v) is 9.93. The van der Waals surface area contributed by atoms with E-state index in [9.17, 15) is 15.3 Å². The number of nitrogens with two attached hydrogens (primary N) is 1. The van der Waals surface area contributed by atoms with Gasteiger partial charge in [0, 0.05) is 6.54 Å². The zero-order valence-corrected chi connectivity index (χ0v) is 17.0. The van der Waals surface area contributed by atoms with Crippen molar-refractivity contribution in [1.29, 1.82) is 10.5 Å². The fraction of sp³-hybridized carbons (Fsp3) is 0.190. The lowest BCUT2D eigenvalue weighted by molar-refractivity contribution is 0.397. The van der Waals surface area contributed by atoms with Gasteiger partial charge in [0.25, 0.3) is 5.56 Å². The maximum atomic E-state index is 13.1. The van der Waals surface area contributed by atoms with Gasteiger partial charge in [0.15, 0.2) is 5.75 Å². The number of pyridine rings is 1. The Labute approximate surface area is 175 Å². The van der Waals surface area contributed by atoms with Crippen LogP contribution >= 0.6 is 11.3 Å². The smallest absolute Gasteiger partial charge is 0.256 e. The standard InChI is InChI=1S/C21H17N5O3S/c1-3-25-21-13(9-23)16-18(30-21)17-15(20(27)26-16)14(12(8-22)19(24)29-17)10-4-6-11(28-2)7-5-10/h4-7,14,25H,3,24H2,1-2H3,(H,26,27). The van der Waals surface area contributed by atoms with Crippen LogP contribution in [0.2, 0.25) is 0 Å². The van der Waals surface area contributed by atoms with E-state index in [1.54, 1.807) is 31.4 Å². The first-order valence-electron chi connectivity index (χ1n) is 9.12. The molecule has 30 heavy (non-hydrogen) atoms. The third-order valence-electron chi connectivity index (χ3n) is 4.92. The van der Waals surface area contributed by atoms with Crippen molar-refractivity contribution in [2.24, 2.45) is 5.73 Å². The third kappa shape index (κ3) is 2.84. The Morgan fingerprint density at radius 3 is 2.63 bits per heavy atom. The molecule has 0 aliphatic carbocycles. The molecule has 0 radical (unpaired) electrons. The number of H-pyrrole nitrogens is 1. The summed E-state index contributed by atoms with van der Waals surface area (Å²) in [6.45, 7) is 2.53. The molecule has 8 nitrogen and oxygen atoms in total. The summed E-state index contributed by atoms with van der Waals surface area (Å²) in [6, 6.07) is 11.3. The van der Waals surface area contributed by atoms with Gasteiger partial charge in [-0.3, -0.25) is 4.79 Å². The zero-order valence-electron chi connectivity index (χ0n) is 16.2. The highest BCUT2D eigenvalue weighted by Gasteiger charge is 2.35. The van der Waals surface area contributed by atoms with Gasteiger partial charge in [0.2, 0.25) is 5.88 Å². The van der Waals surface area contributed by atoms with Gasteiger partial charge in [-0.1, -0.05) is 12.1 Å². The molecule has 0 bridgehead atoms. The number of nitrogens with zero attached hydrogens (tertiary/aromatic N) is 2. The number of anilines is 1. The topological polar surface area (TPSA) is 137 Å². The Bertz CT molecular complexity index is 1320. The number of nitriles is 2. The summed E-state index contributed by atoms with van der Waals surface area (Å²) in [5.74, 6) is 0.164. The van der Waals surface area contributed by atoms with Gasteiger partial charge < -0.3 is 25.5 Å². The van der Waals surface area contributed by atoms with E-state index in [0.717, 1.165) is 0 Å². The number of thiophene rings is 1. The Morgan fingerprint density at radius 2 is 2.03 bits per heavy atom. The molecule has 3 heterocycles. The van der Waals surface area contributed by atoms with Crippen molar-refractivity contribution in [3.8, 4) is 23.6 Å². The fourth-order valence-electron chi connectivity index (χ4n) is 3.57. The molecule has 0 amide bonds. The maximum Gasteiger partial charge on any atom is 0.256 e. The number of hydrogen-bond donors (Lipinski definition) is 3. The predicted molar refractivity (Wildman–Crippen MR) is 114 cm³/mol. The van der Waals surface area contributed by atoms with Crippen molar-refractivity contribution in [3.63, 3.8) is 0 Å². The highest BCUT2D eigenvalue weighted by Crippen LogP contribution is 2.47. The number of nitrogens with one attached hydrogen (secondary N) is 2. The number of aromatic nitrogens is 1. The van der Waals surface area contributed by atoms with Crippen LogP contribution in [0.5, 0.6) is 11.5 Å². The minimum absolute atomic E-state index is 0.0605. The van der Waals surface area contributed by atoms with Crippen LogP contribution in [0.15, 0.2) is 40.5 Å². The van der Waals surface area contributed by atoms with Crippen molar-refractivity contribution in [1.82, 2.24) is 4.98 Å². The molecule has 1 unspecified atom stereocenters. The molecule has 150 valence electrons. The summed E-state index contributed by atoms with van der Waals surface area (Å²) in [7, 11) is 1.56. The van der Waals surface area contributed by atoms with Gasteiger partial charge in [0.05, 0.1) is 28.8 Å². The van der Waals surface area contributed by atoms with Crippen molar-refractivity contribution in [2.45, 2.75) is 12.8 Å². The highest BCUT2D eigenvalue weighted by molar-refractivity contribution is 7.23. The van der Waals surface area contributed by atoms with Crippen LogP contribution in [0.25, 0.3) is 10.2 Å². The van der Waals surface area contributed by atoms with Crippen LogP contribution in [0, 0.1) is 22.7 Å². The van der Waals surface area contributed by atoms with E-state index in [-0.39, 0.29) is 22.8 Å². The molecule has 0 spiro atoms. The minimum atomic E-state index is -0.701. The quantitative estimate of drug-likeness (QED) is 0.591. The summed E-state index contributed by atoms with van der Waals surface area (Å²) in [5.41, 5.74) is 7.53. The molecule has 2 aromatic heterocycles. The maximum absolute atomic E-state index is 13.1. The molecule has 4 rings (SSSR count). The van der Waals surface area contributed by atoms with E-state index in [0.29, 0.717) is 38.6 Å². The van der Waals surface area contributed by atoms with Gasteiger partial charge in [-0.2, -0.15) is 10.5 Å². The molecule has 1 aliphatic heterocycles. The molecule has 0 saturated carbocycles. The van der Waals surface area contributed by atoms with E-state index in [4.69, 9.17) is 15.2 Å². The molecular formula is C21H17N5O3S. The third-order valence-corrected chi connectivity index (χ3v) is 6.06. The van der Waals surface area contributed by atoms with Crippen LogP contribution in [-0.4, -0.2) is 18.6 Å². The van der Waals surface area contributed by atoms with Gasteiger partial charge >= 0.3 is 0 Å². The molecule has 0 fully saturated rings. The normalized spacial score (nSPS) is 15.1. The number of fused-ring (bicyclic) bond motifs is 3. The summed E-state index contributed by atoms with van der Waals surface area (Å²) >= 11 is 1.30. The molecule has 1 atom stereocenters. The van der Waals surface area contributed by atoms with Gasteiger partial charge in [0.1, 0.15) is 34.0 Å². The number of aromatic amines is 1. The number of methoxy groups -OCH3 is 1. The van der Waals surface area contributed by atoms with E-state index in [1.807, 2.05) is 6.92 Å². The Morgan fingerprint density at radius 1 is 1.30 bits per heavy atom. The van der Waals surface area contributed by atoms with Crippen molar-refractivity contribution < 1.29 is 9.47 Å². The van der Waals surface area contributed by atoms with E-state index in [2.05, 4.69) is 22.4 Å². The average Bonchev–Trinajstić information content (AvgIpc) is 3.10. The second-order valence-electron chi connectivity index (χ2n) is 6.55. The van der Waals surface area contributed by atoms with Gasteiger partial charge in [-0.25, -0.2) is 0 Å². The monoisotopic (exact) mass is 419 g/mol. The number of hydrogen-bond acceptors (Lipinski definition) is 8. The molecule has 1 aromatic carbocycles. The van der Waals surface area contributed by atoms with Crippen LogP contribution < -0.4 is 26.1 Å². The van der Waals surface area contributed by atoms with E-state index < -0.39 is 11.5 Å². The summed E-state index contributed by atoms with van der Waals surface area (Å²) in [4.78, 5) is 15.9. The lowest BCUT2D eigenvalue weighted by atomic mass is 9.84. The summed E-state index contributed by atoms with van der Waals surface area (Å²) < 4.78 is 11.6. The van der Waals surface area contributed by atoms with Crippen molar-refractivity contribution >= 4 is 26.6 Å². The second-order valence-corrected chi connectivity index (χ2v) is 7.57. The Kier molecular flexibility index (Phi) is 4.82. The van der Waals surface area contributed by atoms with Crippen molar-refractivity contribution in [2.75, 3.05) is 19.0 Å². The van der Waals surface area contributed by atoms with Crippen LogP contribution in [-0.2, 0) is 0 Å². The number of rotatable bonds is 4. The Balaban J connectivity index is 2.03.